The van der Waals surface area contributed by atoms with Crippen LogP contribution in [0.15, 0.2) is 46.0 Å². The molecule has 0 aliphatic carbocycles. The van der Waals surface area contributed by atoms with Crippen molar-refractivity contribution in [2.45, 2.75) is 25.2 Å². The highest BCUT2D eigenvalue weighted by Crippen LogP contribution is 2.37. The molecule has 4 rings (SSSR count). The third-order valence-corrected chi connectivity index (χ3v) is 6.70. The number of hydrogen-bond donors (Lipinski definition) is 2. The van der Waals surface area contributed by atoms with Crippen LogP contribution in [0, 0.1) is 5.82 Å². The van der Waals surface area contributed by atoms with Crippen LogP contribution in [0.25, 0.3) is 0 Å². The van der Waals surface area contributed by atoms with Gasteiger partial charge >= 0.3 is 11.9 Å². The van der Waals surface area contributed by atoms with Gasteiger partial charge in [-0.15, -0.1) is 11.3 Å². The van der Waals surface area contributed by atoms with E-state index in [2.05, 4.69) is 15.3 Å². The normalized spacial score (nSPS) is 22.3. The second-order valence-corrected chi connectivity index (χ2v) is 9.38. The maximum Gasteiger partial charge on any atom is 0.338 e. The molecule has 36 heavy (non-hydrogen) atoms. The van der Waals surface area contributed by atoms with Gasteiger partial charge in [0.1, 0.15) is 30.7 Å². The minimum atomic E-state index is -1.41. The van der Waals surface area contributed by atoms with Crippen LogP contribution in [0.3, 0.4) is 0 Å². The molecule has 13 heteroatoms. The molecule has 0 spiro atoms. The second kappa shape index (κ2) is 11.4. The van der Waals surface area contributed by atoms with Gasteiger partial charge in [-0.1, -0.05) is 17.7 Å². The number of ether oxygens (including phenoxy) is 2. The Bertz CT molecular complexity index is 1190. The number of benzene rings is 1. The van der Waals surface area contributed by atoms with E-state index in [1.807, 2.05) is 0 Å². The summed E-state index contributed by atoms with van der Waals surface area (Å²) in [6, 6.07) is 2.88. The molecule has 9 nitrogen and oxygen atoms in total. The zero-order valence-corrected chi connectivity index (χ0v) is 20.7. The van der Waals surface area contributed by atoms with E-state index in [0.29, 0.717) is 22.1 Å². The summed E-state index contributed by atoms with van der Waals surface area (Å²) in [5.74, 6) is -2.01. The van der Waals surface area contributed by atoms with Crippen LogP contribution in [0.2, 0.25) is 5.02 Å². The SMILES string of the molecule is CCOC(=O)C1=C(CN2C[C@@H](F)[C@H](OCC(=O)O)C2)NC(c2nccs2)=N[C@H]1c1ccc(F)cc1Cl. The predicted octanol–water partition coefficient (Wildman–Crippen LogP) is 2.97. The fraction of sp³-hybridized carbons (Fsp3) is 0.391. The first kappa shape index (κ1) is 26.1. The number of amidine groups is 1. The summed E-state index contributed by atoms with van der Waals surface area (Å²) in [5.41, 5.74) is 0.933. The Balaban J connectivity index is 1.72. The van der Waals surface area contributed by atoms with E-state index in [1.165, 1.54) is 23.5 Å². The van der Waals surface area contributed by atoms with Crippen molar-refractivity contribution in [3.05, 3.63) is 62.5 Å². The lowest BCUT2D eigenvalue weighted by Crippen LogP contribution is -2.39. The average Bonchev–Trinajstić information content (AvgIpc) is 3.47. The first-order valence-corrected chi connectivity index (χ1v) is 12.3. The van der Waals surface area contributed by atoms with Gasteiger partial charge in [-0.05, 0) is 19.1 Å². The molecule has 2 aliphatic heterocycles. The van der Waals surface area contributed by atoms with E-state index in [-0.39, 0.29) is 36.8 Å². The van der Waals surface area contributed by atoms with Crippen LogP contribution in [0.4, 0.5) is 8.78 Å². The van der Waals surface area contributed by atoms with E-state index in [9.17, 15) is 18.4 Å². The number of nitrogens with zero attached hydrogens (tertiary/aromatic N) is 3. The summed E-state index contributed by atoms with van der Waals surface area (Å²) in [6.45, 7) is 1.32. The molecule has 0 amide bonds. The number of thiazole rings is 1. The van der Waals surface area contributed by atoms with Crippen LogP contribution < -0.4 is 5.32 Å². The van der Waals surface area contributed by atoms with Crippen LogP contribution in [-0.4, -0.2) is 77.9 Å². The van der Waals surface area contributed by atoms with E-state index >= 15 is 0 Å². The van der Waals surface area contributed by atoms with E-state index in [0.717, 1.165) is 6.07 Å². The molecule has 0 saturated carbocycles. The van der Waals surface area contributed by atoms with Gasteiger partial charge in [0.25, 0.3) is 0 Å². The number of carboxylic acids is 1. The molecule has 1 saturated heterocycles. The molecule has 0 unspecified atom stereocenters. The highest BCUT2D eigenvalue weighted by atomic mass is 35.5. The number of halogens is 3. The Morgan fingerprint density at radius 1 is 1.36 bits per heavy atom. The number of carbonyl (C=O) groups is 2. The summed E-state index contributed by atoms with van der Waals surface area (Å²) < 4.78 is 38.9. The molecule has 2 N–H and O–H groups in total. The first-order chi connectivity index (χ1) is 17.3. The zero-order chi connectivity index (χ0) is 25.8. The Morgan fingerprint density at radius 2 is 2.17 bits per heavy atom. The summed E-state index contributed by atoms with van der Waals surface area (Å²) in [5, 5.41) is 14.4. The van der Waals surface area contributed by atoms with Gasteiger partial charge < -0.3 is 19.9 Å². The molecule has 192 valence electrons. The minimum Gasteiger partial charge on any atom is -0.480 e. The van der Waals surface area contributed by atoms with Crippen molar-refractivity contribution in [3.63, 3.8) is 0 Å². The Hall–Kier alpha value is -2.93. The molecule has 3 heterocycles. The molecule has 1 aromatic heterocycles. The van der Waals surface area contributed by atoms with Gasteiger partial charge in [-0.2, -0.15) is 0 Å². The van der Waals surface area contributed by atoms with Crippen LogP contribution in [-0.2, 0) is 19.1 Å². The fourth-order valence-corrected chi connectivity index (χ4v) is 4.92. The number of esters is 1. The van der Waals surface area contributed by atoms with Crippen molar-refractivity contribution < 1.29 is 33.0 Å². The van der Waals surface area contributed by atoms with Crippen LogP contribution in [0.5, 0.6) is 0 Å². The van der Waals surface area contributed by atoms with Gasteiger partial charge in [-0.25, -0.2) is 23.4 Å². The summed E-state index contributed by atoms with van der Waals surface area (Å²) in [7, 11) is 0. The van der Waals surface area contributed by atoms with E-state index in [4.69, 9.17) is 26.2 Å². The number of carbonyl (C=O) groups excluding carboxylic acids is 1. The van der Waals surface area contributed by atoms with E-state index < -0.39 is 42.7 Å². The van der Waals surface area contributed by atoms with Crippen molar-refractivity contribution in [1.82, 2.24) is 15.2 Å². The summed E-state index contributed by atoms with van der Waals surface area (Å²) in [4.78, 5) is 34.6. The maximum atomic E-state index is 14.6. The molecule has 2 aliphatic rings. The first-order valence-electron chi connectivity index (χ1n) is 11.1. The number of rotatable bonds is 9. The topological polar surface area (TPSA) is 113 Å². The predicted molar refractivity (Wildman–Crippen MR) is 128 cm³/mol. The Morgan fingerprint density at radius 3 is 2.83 bits per heavy atom. The number of aromatic nitrogens is 1. The highest BCUT2D eigenvalue weighted by Gasteiger charge is 2.38. The molecule has 2 aromatic rings. The molecular formula is C23H23ClF2N4O5S. The van der Waals surface area contributed by atoms with Gasteiger partial charge in [0, 0.05) is 47.5 Å². The van der Waals surface area contributed by atoms with Crippen molar-refractivity contribution in [2.75, 3.05) is 32.8 Å². The molecule has 1 fully saturated rings. The smallest absolute Gasteiger partial charge is 0.338 e. The number of likely N-dealkylation sites (tertiary alicyclic amines) is 1. The number of nitrogens with one attached hydrogen (secondary N) is 1. The van der Waals surface area contributed by atoms with Crippen molar-refractivity contribution in [3.8, 4) is 0 Å². The van der Waals surface area contributed by atoms with Crippen molar-refractivity contribution in [2.24, 2.45) is 4.99 Å². The lowest BCUT2D eigenvalue weighted by molar-refractivity contribution is -0.145. The van der Waals surface area contributed by atoms with E-state index in [1.54, 1.807) is 23.4 Å². The van der Waals surface area contributed by atoms with Crippen molar-refractivity contribution >= 4 is 40.7 Å². The fourth-order valence-electron chi connectivity index (χ4n) is 4.06. The third kappa shape index (κ3) is 5.89. The Labute approximate surface area is 214 Å². The van der Waals surface area contributed by atoms with Gasteiger partial charge in [-0.3, -0.25) is 9.89 Å². The lowest BCUT2D eigenvalue weighted by atomic mass is 9.95. The summed E-state index contributed by atoms with van der Waals surface area (Å²) >= 11 is 7.68. The third-order valence-electron chi connectivity index (χ3n) is 5.59. The largest absolute Gasteiger partial charge is 0.480 e. The highest BCUT2D eigenvalue weighted by molar-refractivity contribution is 7.11. The van der Waals surface area contributed by atoms with Gasteiger partial charge in [0.15, 0.2) is 10.8 Å². The number of carboxylic acid groups (broad SMARTS) is 1. The van der Waals surface area contributed by atoms with Gasteiger partial charge in [0.2, 0.25) is 0 Å². The average molecular weight is 541 g/mol. The lowest BCUT2D eigenvalue weighted by Gasteiger charge is -2.29. The van der Waals surface area contributed by atoms with Crippen LogP contribution in [0.1, 0.15) is 23.5 Å². The Kier molecular flexibility index (Phi) is 8.29. The summed E-state index contributed by atoms with van der Waals surface area (Å²) in [6.07, 6.45) is -0.729. The minimum absolute atomic E-state index is 0.0305. The maximum absolute atomic E-state index is 14.6. The van der Waals surface area contributed by atoms with Gasteiger partial charge in [0.05, 0.1) is 12.2 Å². The van der Waals surface area contributed by atoms with Crippen LogP contribution >= 0.6 is 22.9 Å². The molecular weight excluding hydrogens is 518 g/mol. The number of aliphatic carboxylic acids is 1. The zero-order valence-electron chi connectivity index (χ0n) is 19.1. The van der Waals surface area contributed by atoms with Crippen molar-refractivity contribution in [1.29, 1.82) is 0 Å². The number of hydrogen-bond acceptors (Lipinski definition) is 9. The second-order valence-electron chi connectivity index (χ2n) is 8.07. The number of aliphatic imine (C=N–C) groups is 1. The molecule has 3 atom stereocenters. The quantitative estimate of drug-likeness (QED) is 0.467. The molecule has 1 aromatic carbocycles. The monoisotopic (exact) mass is 540 g/mol. The standard InChI is InChI=1S/C23H23ClF2N4O5S/c1-2-34-23(33)19-16(9-30-8-15(26)17(10-30)35-11-18(31)32)28-21(22-27-5-6-36-22)29-20(19)13-4-3-12(25)7-14(13)24/h3-7,15,17,20H,2,8-11H2,1H3,(H,28,29)(H,31,32)/t15-,17-,20+/m1/s1. The molecule has 0 radical (unpaired) electrons. The molecule has 0 bridgehead atoms. The number of alkyl halides is 1.